The zero-order valence-corrected chi connectivity index (χ0v) is 9.49. The lowest BCUT2D eigenvalue weighted by Crippen LogP contribution is -2.18. The molecular weight excluding hydrogens is 210 g/mol. The van der Waals surface area contributed by atoms with Gasteiger partial charge in [0.15, 0.2) is 0 Å². The minimum atomic E-state index is -1.06. The molecule has 0 saturated heterocycles. The number of carboxylic acids is 1. The van der Waals surface area contributed by atoms with Crippen LogP contribution < -0.4 is 5.32 Å². The number of furan rings is 1. The maximum absolute atomic E-state index is 10.6. The molecule has 0 bridgehead atoms. The number of hydrogen-bond donors (Lipinski definition) is 3. The zero-order chi connectivity index (χ0) is 12.1. The van der Waals surface area contributed by atoms with E-state index < -0.39 is 5.97 Å². The Morgan fingerprint density at radius 3 is 2.81 bits per heavy atom. The maximum Gasteiger partial charge on any atom is 0.371 e. The van der Waals surface area contributed by atoms with E-state index in [0.29, 0.717) is 25.3 Å². The van der Waals surface area contributed by atoms with Gasteiger partial charge in [-0.1, -0.05) is 0 Å². The lowest BCUT2D eigenvalue weighted by Gasteiger charge is -2.05. The summed E-state index contributed by atoms with van der Waals surface area (Å²) in [6, 6.07) is 1.52. The summed E-state index contributed by atoms with van der Waals surface area (Å²) in [5.74, 6) is -0.481. The Bertz CT molecular complexity index is 357. The first-order valence-corrected chi connectivity index (χ1v) is 5.22. The topological polar surface area (TPSA) is 82.7 Å². The van der Waals surface area contributed by atoms with Crippen molar-refractivity contribution in [3.05, 3.63) is 23.2 Å². The van der Waals surface area contributed by atoms with Crippen molar-refractivity contribution in [2.45, 2.75) is 32.9 Å². The Morgan fingerprint density at radius 2 is 2.31 bits per heavy atom. The van der Waals surface area contributed by atoms with Crippen molar-refractivity contribution in [2.75, 3.05) is 6.54 Å². The van der Waals surface area contributed by atoms with E-state index in [1.165, 1.54) is 6.07 Å². The van der Waals surface area contributed by atoms with Gasteiger partial charge < -0.3 is 19.9 Å². The highest BCUT2D eigenvalue weighted by Gasteiger charge is 2.12. The zero-order valence-electron chi connectivity index (χ0n) is 9.49. The van der Waals surface area contributed by atoms with E-state index in [1.807, 2.05) is 0 Å². The maximum atomic E-state index is 10.6. The van der Waals surface area contributed by atoms with Crippen molar-refractivity contribution in [3.8, 4) is 0 Å². The van der Waals surface area contributed by atoms with Gasteiger partial charge in [0.1, 0.15) is 5.76 Å². The number of aliphatic hydroxyl groups excluding tert-OH is 1. The number of nitrogens with one attached hydrogen (secondary N) is 1. The predicted octanol–water partition coefficient (Wildman–Crippen LogP) is 1.15. The molecule has 1 unspecified atom stereocenters. The van der Waals surface area contributed by atoms with Gasteiger partial charge >= 0.3 is 5.97 Å². The first kappa shape index (κ1) is 12.7. The minimum absolute atomic E-state index is 0.0372. The van der Waals surface area contributed by atoms with E-state index in [-0.39, 0.29) is 11.9 Å². The second-order valence-electron chi connectivity index (χ2n) is 3.81. The average Bonchev–Trinajstić information content (AvgIpc) is 2.55. The normalized spacial score (nSPS) is 12.7. The van der Waals surface area contributed by atoms with Crippen LogP contribution >= 0.6 is 0 Å². The van der Waals surface area contributed by atoms with E-state index >= 15 is 0 Å². The van der Waals surface area contributed by atoms with Crippen LogP contribution in [0.25, 0.3) is 0 Å². The van der Waals surface area contributed by atoms with Crippen LogP contribution in [0.5, 0.6) is 0 Å². The fourth-order valence-electron chi connectivity index (χ4n) is 1.33. The third-order valence-electron chi connectivity index (χ3n) is 2.29. The lowest BCUT2D eigenvalue weighted by molar-refractivity contribution is 0.0661. The summed E-state index contributed by atoms with van der Waals surface area (Å²) in [6.07, 6.45) is 0.343. The van der Waals surface area contributed by atoms with E-state index in [4.69, 9.17) is 14.6 Å². The highest BCUT2D eigenvalue weighted by Crippen LogP contribution is 2.14. The second-order valence-corrected chi connectivity index (χ2v) is 3.81. The van der Waals surface area contributed by atoms with E-state index in [0.717, 1.165) is 5.56 Å². The molecule has 0 radical (unpaired) electrons. The number of aliphatic hydroxyl groups is 1. The molecule has 0 aliphatic rings. The van der Waals surface area contributed by atoms with Gasteiger partial charge in [-0.2, -0.15) is 0 Å². The molecular formula is C11H17NO4. The molecule has 0 saturated carbocycles. The molecule has 1 rings (SSSR count). The van der Waals surface area contributed by atoms with Gasteiger partial charge in [0, 0.05) is 12.1 Å². The van der Waals surface area contributed by atoms with Gasteiger partial charge in [0.25, 0.3) is 0 Å². The summed E-state index contributed by atoms with van der Waals surface area (Å²) in [7, 11) is 0. The van der Waals surface area contributed by atoms with Crippen molar-refractivity contribution < 1.29 is 19.4 Å². The van der Waals surface area contributed by atoms with Crippen LogP contribution in [0.4, 0.5) is 0 Å². The van der Waals surface area contributed by atoms with E-state index in [9.17, 15) is 4.79 Å². The van der Waals surface area contributed by atoms with Gasteiger partial charge in [-0.3, -0.25) is 0 Å². The summed E-state index contributed by atoms with van der Waals surface area (Å²) in [4.78, 5) is 10.6. The molecule has 3 N–H and O–H groups in total. The average molecular weight is 227 g/mol. The Balaban J connectivity index is 2.45. The van der Waals surface area contributed by atoms with Crippen molar-refractivity contribution in [1.29, 1.82) is 0 Å². The number of carboxylic acid groups (broad SMARTS) is 1. The Labute approximate surface area is 94.1 Å². The monoisotopic (exact) mass is 227 g/mol. The lowest BCUT2D eigenvalue weighted by atomic mass is 10.2. The third kappa shape index (κ3) is 3.67. The van der Waals surface area contributed by atoms with Crippen LogP contribution in [0.1, 0.15) is 35.2 Å². The fourth-order valence-corrected chi connectivity index (χ4v) is 1.33. The Morgan fingerprint density at radius 1 is 1.62 bits per heavy atom. The van der Waals surface area contributed by atoms with Gasteiger partial charge in [-0.15, -0.1) is 0 Å². The molecule has 0 fully saturated rings. The number of hydrogen-bond acceptors (Lipinski definition) is 4. The minimum Gasteiger partial charge on any atom is -0.475 e. The van der Waals surface area contributed by atoms with Gasteiger partial charge in [-0.25, -0.2) is 4.79 Å². The molecule has 5 nitrogen and oxygen atoms in total. The van der Waals surface area contributed by atoms with Crippen LogP contribution in [0, 0.1) is 6.92 Å². The molecule has 1 heterocycles. The number of aromatic carboxylic acids is 1. The molecule has 0 amide bonds. The molecule has 5 heteroatoms. The van der Waals surface area contributed by atoms with Crippen molar-refractivity contribution >= 4 is 5.97 Å². The third-order valence-corrected chi connectivity index (χ3v) is 2.29. The van der Waals surface area contributed by atoms with Crippen molar-refractivity contribution in [2.24, 2.45) is 0 Å². The number of rotatable bonds is 6. The largest absolute Gasteiger partial charge is 0.475 e. The standard InChI is InChI=1S/C11H17NO4/c1-7(13)3-4-12-6-9-5-10(11(14)15)16-8(9)2/h5,7,12-13H,3-4,6H2,1-2H3,(H,14,15). The second kappa shape index (κ2) is 5.67. The van der Waals surface area contributed by atoms with Crippen LogP contribution in [0.15, 0.2) is 10.5 Å². The SMILES string of the molecule is Cc1oc(C(=O)O)cc1CNCCC(C)O. The predicted molar refractivity (Wildman–Crippen MR) is 58.4 cm³/mol. The summed E-state index contributed by atoms with van der Waals surface area (Å²) >= 11 is 0. The highest BCUT2D eigenvalue weighted by atomic mass is 16.4. The molecule has 1 aromatic heterocycles. The molecule has 0 spiro atoms. The first-order valence-electron chi connectivity index (χ1n) is 5.22. The summed E-state index contributed by atoms with van der Waals surface area (Å²) < 4.78 is 5.07. The van der Waals surface area contributed by atoms with Gasteiger partial charge in [0.2, 0.25) is 5.76 Å². The molecule has 0 aliphatic heterocycles. The van der Waals surface area contributed by atoms with Crippen LogP contribution in [0.3, 0.4) is 0 Å². The molecule has 1 aromatic rings. The highest BCUT2D eigenvalue weighted by molar-refractivity contribution is 5.84. The van der Waals surface area contributed by atoms with Gasteiger partial charge in [-0.05, 0) is 32.9 Å². The fraction of sp³-hybridized carbons (Fsp3) is 0.545. The molecule has 90 valence electrons. The van der Waals surface area contributed by atoms with Crippen LogP contribution in [0.2, 0.25) is 0 Å². The molecule has 16 heavy (non-hydrogen) atoms. The quantitative estimate of drug-likeness (QED) is 0.635. The molecule has 0 aromatic carbocycles. The summed E-state index contributed by atoms with van der Waals surface area (Å²) in [5.41, 5.74) is 0.836. The molecule has 0 aliphatic carbocycles. The van der Waals surface area contributed by atoms with Crippen molar-refractivity contribution in [1.82, 2.24) is 5.32 Å². The first-order chi connectivity index (χ1) is 7.50. The Hall–Kier alpha value is -1.33. The molecule has 1 atom stereocenters. The number of aryl methyl sites for hydroxylation is 1. The van der Waals surface area contributed by atoms with E-state index in [2.05, 4.69) is 5.32 Å². The van der Waals surface area contributed by atoms with Crippen LogP contribution in [-0.2, 0) is 6.54 Å². The summed E-state index contributed by atoms with van der Waals surface area (Å²) in [6.45, 7) is 4.70. The van der Waals surface area contributed by atoms with Crippen molar-refractivity contribution in [3.63, 3.8) is 0 Å². The van der Waals surface area contributed by atoms with Gasteiger partial charge in [0.05, 0.1) is 6.10 Å². The van der Waals surface area contributed by atoms with Crippen LogP contribution in [-0.4, -0.2) is 28.8 Å². The number of carbonyl (C=O) groups is 1. The summed E-state index contributed by atoms with van der Waals surface area (Å²) in [5, 5.41) is 20.9. The smallest absolute Gasteiger partial charge is 0.371 e. The Kier molecular flexibility index (Phi) is 4.52. The van der Waals surface area contributed by atoms with E-state index in [1.54, 1.807) is 13.8 Å².